The van der Waals surface area contributed by atoms with Crippen molar-refractivity contribution in [2.24, 2.45) is 0 Å². The molecule has 0 aliphatic heterocycles. The third kappa shape index (κ3) is 3.58. The number of aryl methyl sites for hydroxylation is 1. The summed E-state index contributed by atoms with van der Waals surface area (Å²) in [5, 5.41) is 10.2. The quantitative estimate of drug-likeness (QED) is 0.700. The molecule has 0 amide bonds. The van der Waals surface area contributed by atoms with E-state index < -0.39 is 0 Å². The zero-order valence-electron chi connectivity index (χ0n) is 11.6. The first kappa shape index (κ1) is 16.3. The molecule has 0 saturated heterocycles. The smallest absolute Gasteiger partial charge is 0.347 e. The fraction of sp³-hybridized carbons (Fsp3) is 0.214. The highest BCUT2D eigenvalue weighted by molar-refractivity contribution is 6.30. The van der Waals surface area contributed by atoms with Crippen LogP contribution in [-0.4, -0.2) is 26.1 Å². The zero-order chi connectivity index (χ0) is 14.7. The number of nitrogens with zero attached hydrogens (tertiary/aromatic N) is 3. The third-order valence-corrected chi connectivity index (χ3v) is 3.37. The molecule has 0 bridgehead atoms. The summed E-state index contributed by atoms with van der Waals surface area (Å²) < 4.78 is 1.39. The van der Waals surface area contributed by atoms with E-state index in [9.17, 15) is 4.79 Å². The van der Waals surface area contributed by atoms with Crippen LogP contribution >= 0.6 is 24.0 Å². The Bertz CT molecular complexity index is 800. The van der Waals surface area contributed by atoms with Gasteiger partial charge >= 0.3 is 5.69 Å². The topological polar surface area (TPSA) is 75.1 Å². The molecule has 0 spiro atoms. The Morgan fingerprint density at radius 2 is 2.27 bits per heavy atom. The number of halogens is 2. The molecule has 2 N–H and O–H groups in total. The number of rotatable bonds is 5. The van der Waals surface area contributed by atoms with Gasteiger partial charge in [-0.1, -0.05) is 17.7 Å². The fourth-order valence-electron chi connectivity index (χ4n) is 2.17. The van der Waals surface area contributed by atoms with Crippen molar-refractivity contribution >= 4 is 35.3 Å². The van der Waals surface area contributed by atoms with Gasteiger partial charge in [-0.15, -0.1) is 12.4 Å². The summed E-state index contributed by atoms with van der Waals surface area (Å²) in [4.78, 5) is 15.6. The van der Waals surface area contributed by atoms with Crippen LogP contribution in [0.15, 0.2) is 41.6 Å². The van der Waals surface area contributed by atoms with Gasteiger partial charge in [0.05, 0.1) is 10.7 Å². The van der Waals surface area contributed by atoms with E-state index in [4.69, 9.17) is 11.6 Å². The number of anilines is 1. The van der Waals surface area contributed by atoms with Gasteiger partial charge in [0.15, 0.2) is 5.65 Å². The second kappa shape index (κ2) is 7.29. The van der Waals surface area contributed by atoms with Crippen molar-refractivity contribution in [3.05, 3.63) is 57.9 Å². The fourth-order valence-corrected chi connectivity index (χ4v) is 2.38. The molecular weight excluding hydrogens is 325 g/mol. The van der Waals surface area contributed by atoms with Crippen molar-refractivity contribution < 1.29 is 0 Å². The summed E-state index contributed by atoms with van der Waals surface area (Å²) in [6.07, 6.45) is 7.05. The standard InChI is InChI=1S/C14H14ClN5O.ClH/c15-11-7-12(13-18-19-14(21)20(13)9-11)17-6-2-4-10-3-1-5-16-8-10;/h1,3,5,7-9,17H,2,4,6H2,(H,19,21);1H. The van der Waals surface area contributed by atoms with Crippen LogP contribution in [-0.2, 0) is 6.42 Å². The van der Waals surface area contributed by atoms with Crippen LogP contribution < -0.4 is 11.0 Å². The maximum atomic E-state index is 11.5. The summed E-state index contributed by atoms with van der Waals surface area (Å²) in [6.45, 7) is 0.756. The van der Waals surface area contributed by atoms with Crippen molar-refractivity contribution in [2.45, 2.75) is 12.8 Å². The molecule has 3 rings (SSSR count). The van der Waals surface area contributed by atoms with Gasteiger partial charge in [0.25, 0.3) is 0 Å². The summed E-state index contributed by atoms with van der Waals surface area (Å²) in [5.41, 5.74) is 2.19. The SMILES string of the molecule is Cl.O=c1[nH]nc2c(NCCCc3cccnc3)cc(Cl)cn12. The van der Waals surface area contributed by atoms with Crippen LogP contribution in [0.2, 0.25) is 5.02 Å². The van der Waals surface area contributed by atoms with Gasteiger partial charge in [-0.2, -0.15) is 5.10 Å². The average molecular weight is 340 g/mol. The molecule has 0 atom stereocenters. The molecule has 0 radical (unpaired) electrons. The predicted molar refractivity (Wildman–Crippen MR) is 89.1 cm³/mol. The molecular formula is C14H15Cl2N5O. The molecule has 6 nitrogen and oxygen atoms in total. The molecule has 116 valence electrons. The highest BCUT2D eigenvalue weighted by Gasteiger charge is 2.07. The van der Waals surface area contributed by atoms with Crippen molar-refractivity contribution in [3.8, 4) is 0 Å². The predicted octanol–water partition coefficient (Wildman–Crippen LogP) is 2.54. The van der Waals surface area contributed by atoms with Crippen LogP contribution in [0, 0.1) is 0 Å². The molecule has 3 aromatic heterocycles. The lowest BCUT2D eigenvalue weighted by Crippen LogP contribution is -2.10. The number of nitrogens with one attached hydrogen (secondary N) is 2. The van der Waals surface area contributed by atoms with Crippen molar-refractivity contribution in [1.29, 1.82) is 0 Å². The van der Waals surface area contributed by atoms with Gasteiger partial charge in [-0.25, -0.2) is 14.3 Å². The molecule has 8 heteroatoms. The number of pyridine rings is 2. The van der Waals surface area contributed by atoms with E-state index in [1.165, 1.54) is 9.96 Å². The number of aromatic amines is 1. The van der Waals surface area contributed by atoms with E-state index in [2.05, 4.69) is 26.6 Å². The maximum Gasteiger partial charge on any atom is 0.347 e. The van der Waals surface area contributed by atoms with E-state index >= 15 is 0 Å². The summed E-state index contributed by atoms with van der Waals surface area (Å²) >= 11 is 6.01. The van der Waals surface area contributed by atoms with Gasteiger partial charge in [0.2, 0.25) is 0 Å². The molecule has 0 fully saturated rings. The molecule has 0 unspecified atom stereocenters. The van der Waals surface area contributed by atoms with Gasteiger partial charge in [0, 0.05) is 25.1 Å². The lowest BCUT2D eigenvalue weighted by Gasteiger charge is -2.07. The van der Waals surface area contributed by atoms with Crippen LogP contribution in [0.4, 0.5) is 5.69 Å². The Labute approximate surface area is 137 Å². The number of H-pyrrole nitrogens is 1. The summed E-state index contributed by atoms with van der Waals surface area (Å²) in [7, 11) is 0. The number of aromatic nitrogens is 4. The number of fused-ring (bicyclic) bond motifs is 1. The molecule has 3 heterocycles. The molecule has 0 aromatic carbocycles. The van der Waals surface area contributed by atoms with Crippen LogP contribution in [0.3, 0.4) is 0 Å². The Morgan fingerprint density at radius 3 is 3.05 bits per heavy atom. The Kier molecular flexibility index (Phi) is 5.41. The average Bonchev–Trinajstić information content (AvgIpc) is 2.86. The monoisotopic (exact) mass is 339 g/mol. The summed E-state index contributed by atoms with van der Waals surface area (Å²) in [5.74, 6) is 0. The second-order valence-corrected chi connectivity index (χ2v) is 5.12. The number of hydrogen-bond donors (Lipinski definition) is 2. The molecule has 0 aliphatic rings. The number of hydrogen-bond acceptors (Lipinski definition) is 4. The van der Waals surface area contributed by atoms with E-state index in [-0.39, 0.29) is 18.1 Å². The minimum absolute atomic E-state index is 0. The summed E-state index contributed by atoms with van der Waals surface area (Å²) in [6, 6.07) is 5.75. The van der Waals surface area contributed by atoms with E-state index in [0.29, 0.717) is 10.7 Å². The van der Waals surface area contributed by atoms with Crippen molar-refractivity contribution in [3.63, 3.8) is 0 Å². The minimum Gasteiger partial charge on any atom is -0.382 e. The third-order valence-electron chi connectivity index (χ3n) is 3.16. The van der Waals surface area contributed by atoms with Gasteiger partial charge < -0.3 is 5.32 Å². The molecule has 0 aliphatic carbocycles. The Hall–Kier alpha value is -2.05. The van der Waals surface area contributed by atoms with Crippen LogP contribution in [0.1, 0.15) is 12.0 Å². The Morgan fingerprint density at radius 1 is 1.41 bits per heavy atom. The highest BCUT2D eigenvalue weighted by Crippen LogP contribution is 2.19. The Balaban J connectivity index is 0.00000176. The first-order chi connectivity index (χ1) is 10.2. The largest absolute Gasteiger partial charge is 0.382 e. The van der Waals surface area contributed by atoms with Crippen LogP contribution in [0.25, 0.3) is 5.65 Å². The van der Waals surface area contributed by atoms with Gasteiger partial charge in [0.1, 0.15) is 0 Å². The molecule has 0 saturated carbocycles. The van der Waals surface area contributed by atoms with Crippen molar-refractivity contribution in [2.75, 3.05) is 11.9 Å². The van der Waals surface area contributed by atoms with E-state index in [0.717, 1.165) is 25.1 Å². The minimum atomic E-state index is -0.300. The van der Waals surface area contributed by atoms with Gasteiger partial charge in [-0.3, -0.25) is 4.98 Å². The van der Waals surface area contributed by atoms with E-state index in [1.54, 1.807) is 18.5 Å². The highest BCUT2D eigenvalue weighted by atomic mass is 35.5. The maximum absolute atomic E-state index is 11.5. The van der Waals surface area contributed by atoms with Crippen molar-refractivity contribution in [1.82, 2.24) is 19.6 Å². The zero-order valence-corrected chi connectivity index (χ0v) is 13.2. The molecule has 22 heavy (non-hydrogen) atoms. The first-order valence-electron chi connectivity index (χ1n) is 6.63. The molecule has 3 aromatic rings. The lowest BCUT2D eigenvalue weighted by atomic mass is 10.1. The van der Waals surface area contributed by atoms with E-state index in [1.807, 2.05) is 12.3 Å². The van der Waals surface area contributed by atoms with Gasteiger partial charge in [-0.05, 0) is 30.5 Å². The lowest BCUT2D eigenvalue weighted by molar-refractivity contribution is 0.858. The normalized spacial score (nSPS) is 10.4. The van der Waals surface area contributed by atoms with Crippen LogP contribution in [0.5, 0.6) is 0 Å². The second-order valence-electron chi connectivity index (χ2n) is 4.69. The first-order valence-corrected chi connectivity index (χ1v) is 7.01.